The van der Waals surface area contributed by atoms with Gasteiger partial charge in [0.1, 0.15) is 5.82 Å². The number of para-hydroxylation sites is 1. The van der Waals surface area contributed by atoms with Gasteiger partial charge in [-0.3, -0.25) is 4.79 Å². The second-order valence-electron chi connectivity index (χ2n) is 7.55. The number of piperidine rings is 1. The van der Waals surface area contributed by atoms with Gasteiger partial charge in [-0.15, -0.1) is 0 Å². The van der Waals surface area contributed by atoms with Gasteiger partial charge in [-0.05, 0) is 31.9 Å². The fourth-order valence-corrected chi connectivity index (χ4v) is 5.31. The van der Waals surface area contributed by atoms with Crippen molar-refractivity contribution in [3.63, 3.8) is 0 Å². The highest BCUT2D eigenvalue weighted by Gasteiger charge is 2.37. The van der Waals surface area contributed by atoms with Gasteiger partial charge in [0.05, 0.1) is 23.6 Å². The smallest absolute Gasteiger partial charge is 0.262 e. The number of aromatic nitrogens is 4. The van der Waals surface area contributed by atoms with Gasteiger partial charge in [-0.2, -0.15) is 4.31 Å². The highest BCUT2D eigenvalue weighted by molar-refractivity contribution is 7.89. The summed E-state index contributed by atoms with van der Waals surface area (Å²) in [7, 11) is -2.05. The molecule has 0 radical (unpaired) electrons. The van der Waals surface area contributed by atoms with E-state index in [9.17, 15) is 13.2 Å². The van der Waals surface area contributed by atoms with Crippen molar-refractivity contribution in [1.29, 1.82) is 0 Å². The minimum Gasteiger partial charge on any atom is -0.339 e. The number of carbonyl (C=O) groups is 1. The fraction of sp³-hybridized carbons (Fsp3) is 0.333. The summed E-state index contributed by atoms with van der Waals surface area (Å²) in [5, 5.41) is 2.83. The summed E-state index contributed by atoms with van der Waals surface area (Å²) in [6.07, 6.45) is 6.67. The zero-order valence-electron chi connectivity index (χ0n) is 17.4. The number of imidazole rings is 1. The van der Waals surface area contributed by atoms with Crippen LogP contribution in [0.25, 0.3) is 0 Å². The second-order valence-corrected chi connectivity index (χ2v) is 9.39. The number of nitrogens with one attached hydrogen (secondary N) is 1. The molecule has 1 fully saturated rings. The maximum Gasteiger partial charge on any atom is 0.262 e. The number of hydrogen-bond donors (Lipinski definition) is 1. The Balaban J connectivity index is 1.60. The molecule has 1 N–H and O–H groups in total. The topological polar surface area (TPSA) is 110 Å². The quantitative estimate of drug-likeness (QED) is 0.653. The van der Waals surface area contributed by atoms with E-state index < -0.39 is 16.1 Å². The Hall–Kier alpha value is -3.11. The Bertz CT molecular complexity index is 1190. The third-order valence-corrected chi connectivity index (χ3v) is 7.07. The summed E-state index contributed by atoms with van der Waals surface area (Å²) in [6.45, 7) is 2.10. The van der Waals surface area contributed by atoms with Gasteiger partial charge in [0.2, 0.25) is 0 Å². The van der Waals surface area contributed by atoms with Crippen LogP contribution in [0, 0.1) is 6.92 Å². The summed E-state index contributed by atoms with van der Waals surface area (Å²) in [5.74, 6) is 0.0878. The van der Waals surface area contributed by atoms with Gasteiger partial charge in [-0.1, -0.05) is 24.6 Å². The Morgan fingerprint density at radius 1 is 1.16 bits per heavy atom. The maximum atomic E-state index is 13.2. The maximum absolute atomic E-state index is 13.2. The number of aryl methyl sites for hydroxylation is 2. The first-order valence-corrected chi connectivity index (χ1v) is 11.5. The molecular weight excluding hydrogens is 416 g/mol. The first-order chi connectivity index (χ1) is 14.9. The molecule has 1 aliphatic rings. The van der Waals surface area contributed by atoms with Crippen molar-refractivity contribution in [2.45, 2.75) is 37.3 Å². The van der Waals surface area contributed by atoms with Crippen LogP contribution in [-0.2, 0) is 17.1 Å². The molecule has 0 saturated carbocycles. The zero-order valence-corrected chi connectivity index (χ0v) is 18.2. The number of hydrogen-bond acceptors (Lipinski definition) is 6. The van der Waals surface area contributed by atoms with Crippen molar-refractivity contribution in [2.75, 3.05) is 11.9 Å². The summed E-state index contributed by atoms with van der Waals surface area (Å²) in [4.78, 5) is 25.6. The Morgan fingerprint density at radius 2 is 1.94 bits per heavy atom. The molecule has 0 spiro atoms. The van der Waals surface area contributed by atoms with Crippen LogP contribution in [-0.4, -0.2) is 44.7 Å². The average molecular weight is 441 g/mol. The molecule has 1 amide bonds. The van der Waals surface area contributed by atoms with Crippen molar-refractivity contribution < 1.29 is 13.2 Å². The van der Waals surface area contributed by atoms with E-state index in [1.165, 1.54) is 23.0 Å². The number of nitrogens with zero attached hydrogens (tertiary/aromatic N) is 5. The fourth-order valence-electron chi connectivity index (χ4n) is 3.68. The highest BCUT2D eigenvalue weighted by Crippen LogP contribution is 2.33. The monoisotopic (exact) mass is 440 g/mol. The Morgan fingerprint density at radius 3 is 2.61 bits per heavy atom. The van der Waals surface area contributed by atoms with Crippen molar-refractivity contribution in [3.8, 4) is 0 Å². The molecule has 1 saturated heterocycles. The number of rotatable bonds is 5. The number of anilines is 1. The number of carbonyl (C=O) groups excluding carboxylic acids is 1. The summed E-state index contributed by atoms with van der Waals surface area (Å²) < 4.78 is 29.4. The molecule has 3 aromatic rings. The van der Waals surface area contributed by atoms with E-state index in [1.54, 1.807) is 30.7 Å². The highest BCUT2D eigenvalue weighted by atomic mass is 32.2. The third kappa shape index (κ3) is 4.35. The van der Waals surface area contributed by atoms with E-state index in [2.05, 4.69) is 20.3 Å². The molecule has 2 aromatic heterocycles. The molecule has 1 aliphatic heterocycles. The summed E-state index contributed by atoms with van der Waals surface area (Å²) >= 11 is 0. The first-order valence-electron chi connectivity index (χ1n) is 10.1. The van der Waals surface area contributed by atoms with Crippen LogP contribution >= 0.6 is 0 Å². The minimum atomic E-state index is -3.78. The van der Waals surface area contributed by atoms with E-state index in [1.807, 2.05) is 18.2 Å². The molecule has 0 bridgehead atoms. The molecule has 3 heterocycles. The van der Waals surface area contributed by atoms with Gasteiger partial charge in [0.15, 0.2) is 5.03 Å². The molecule has 9 nitrogen and oxygen atoms in total. The van der Waals surface area contributed by atoms with Crippen molar-refractivity contribution in [3.05, 3.63) is 66.1 Å². The van der Waals surface area contributed by atoms with Crippen LogP contribution in [0.2, 0.25) is 0 Å². The van der Waals surface area contributed by atoms with E-state index in [0.717, 1.165) is 12.8 Å². The molecule has 4 rings (SSSR count). The molecule has 0 unspecified atom stereocenters. The average Bonchev–Trinajstić information content (AvgIpc) is 3.21. The van der Waals surface area contributed by atoms with Crippen LogP contribution in [0.4, 0.5) is 5.69 Å². The Labute approximate surface area is 181 Å². The van der Waals surface area contributed by atoms with E-state index in [0.29, 0.717) is 35.7 Å². The van der Waals surface area contributed by atoms with Crippen LogP contribution < -0.4 is 5.32 Å². The van der Waals surface area contributed by atoms with Crippen molar-refractivity contribution in [1.82, 2.24) is 23.8 Å². The van der Waals surface area contributed by atoms with Crippen LogP contribution in [0.15, 0.2) is 54.1 Å². The lowest BCUT2D eigenvalue weighted by Gasteiger charge is -2.33. The van der Waals surface area contributed by atoms with Gasteiger partial charge < -0.3 is 9.88 Å². The van der Waals surface area contributed by atoms with Crippen molar-refractivity contribution in [2.24, 2.45) is 7.05 Å². The number of amides is 1. The zero-order chi connectivity index (χ0) is 22.0. The molecule has 1 atom stereocenters. The van der Waals surface area contributed by atoms with E-state index >= 15 is 0 Å². The summed E-state index contributed by atoms with van der Waals surface area (Å²) in [6, 6.07) is 8.64. The first kappa shape index (κ1) is 21.1. The largest absolute Gasteiger partial charge is 0.339 e. The van der Waals surface area contributed by atoms with Crippen LogP contribution in [0.5, 0.6) is 0 Å². The minimum absolute atomic E-state index is 0.0116. The standard InChI is InChI=1S/C21H24N6O3S/c1-15-17(21(28)25-16-8-4-3-5-9-16)12-22-20(24-15)18-10-6-7-11-27(18)31(29,30)19-13-26(2)14-23-19/h3-5,8-9,12-14,18H,6-7,10-11H2,1-2H3,(H,25,28)/t18-/m1/s1. The predicted octanol–water partition coefficient (Wildman–Crippen LogP) is 2.69. The van der Waals surface area contributed by atoms with Crippen LogP contribution in [0.1, 0.15) is 47.2 Å². The van der Waals surface area contributed by atoms with Gasteiger partial charge >= 0.3 is 0 Å². The van der Waals surface area contributed by atoms with Crippen LogP contribution in [0.3, 0.4) is 0 Å². The lowest BCUT2D eigenvalue weighted by atomic mass is 10.0. The Kier molecular flexibility index (Phi) is 5.84. The lowest BCUT2D eigenvalue weighted by Crippen LogP contribution is -2.39. The van der Waals surface area contributed by atoms with Gasteiger partial charge in [0.25, 0.3) is 15.9 Å². The van der Waals surface area contributed by atoms with Gasteiger partial charge in [0, 0.05) is 31.7 Å². The lowest BCUT2D eigenvalue weighted by molar-refractivity contribution is 0.102. The summed E-state index contributed by atoms with van der Waals surface area (Å²) in [5.41, 5.74) is 1.53. The molecule has 1 aromatic carbocycles. The molecule has 162 valence electrons. The van der Waals surface area contributed by atoms with E-state index in [-0.39, 0.29) is 10.9 Å². The predicted molar refractivity (Wildman–Crippen MR) is 115 cm³/mol. The third-order valence-electron chi connectivity index (χ3n) is 5.28. The normalized spacial score (nSPS) is 17.4. The number of sulfonamides is 1. The van der Waals surface area contributed by atoms with Gasteiger partial charge in [-0.25, -0.2) is 23.4 Å². The van der Waals surface area contributed by atoms with Crippen molar-refractivity contribution >= 4 is 21.6 Å². The second kappa shape index (κ2) is 8.56. The van der Waals surface area contributed by atoms with E-state index in [4.69, 9.17) is 0 Å². The number of benzene rings is 1. The molecule has 0 aliphatic carbocycles. The molecule has 31 heavy (non-hydrogen) atoms. The molecular formula is C21H24N6O3S. The molecule has 10 heteroatoms. The SMILES string of the molecule is Cc1nc([C@H]2CCCCN2S(=O)(=O)c2cn(C)cn2)ncc1C(=O)Nc1ccccc1.